The molecule has 0 radical (unpaired) electrons. The third-order valence-corrected chi connectivity index (χ3v) is 1.18. The van der Waals surface area contributed by atoms with E-state index < -0.39 is 0 Å². The fraction of sp³-hybridized carbons (Fsp3) is 0.667. The van der Waals surface area contributed by atoms with Crippen molar-refractivity contribution < 1.29 is 4.79 Å². The average molecular weight is 143 g/mol. The Morgan fingerprint density at radius 3 is 2.60 bits per heavy atom. The molecule has 0 saturated heterocycles. The number of amides is 1. The Bertz CT molecular complexity index is 122. The molecular formula is C6H13N3O. The number of hydrazone groups is 1. The van der Waals surface area contributed by atoms with Crippen molar-refractivity contribution in [3.63, 3.8) is 0 Å². The van der Waals surface area contributed by atoms with E-state index in [1.54, 1.807) is 6.34 Å². The van der Waals surface area contributed by atoms with Gasteiger partial charge in [0.2, 0.25) is 6.41 Å². The first kappa shape index (κ1) is 8.94. The van der Waals surface area contributed by atoms with Crippen molar-refractivity contribution in [1.82, 2.24) is 10.3 Å². The molecule has 1 amide bonds. The molecule has 0 saturated carbocycles. The van der Waals surface area contributed by atoms with Gasteiger partial charge in [-0.05, 0) is 13.8 Å². The molecule has 1 N–H and O–H groups in total. The van der Waals surface area contributed by atoms with Gasteiger partial charge in [-0.1, -0.05) is 0 Å². The van der Waals surface area contributed by atoms with Crippen LogP contribution in [-0.4, -0.2) is 30.7 Å². The highest BCUT2D eigenvalue weighted by atomic mass is 16.1. The quantitative estimate of drug-likeness (QED) is 0.261. The minimum atomic E-state index is 0.400. The summed E-state index contributed by atoms with van der Waals surface area (Å²) in [6, 6.07) is 0.400. The summed E-state index contributed by atoms with van der Waals surface area (Å²) < 4.78 is 0. The maximum Gasteiger partial charge on any atom is 0.227 e. The zero-order chi connectivity index (χ0) is 7.98. The number of rotatable bonds is 4. The number of nitrogens with one attached hydrogen (secondary N) is 1. The van der Waals surface area contributed by atoms with Gasteiger partial charge in [0.1, 0.15) is 6.34 Å². The first-order valence-electron chi connectivity index (χ1n) is 3.12. The SMILES string of the molecule is CC(C)N(C)/C=N\NC=O. The second-order valence-electron chi connectivity index (χ2n) is 2.25. The highest BCUT2D eigenvalue weighted by molar-refractivity contribution is 5.57. The van der Waals surface area contributed by atoms with Crippen molar-refractivity contribution in [3.8, 4) is 0 Å². The Balaban J connectivity index is 3.54. The predicted octanol–water partition coefficient (Wildman–Crippen LogP) is 0.0159. The Labute approximate surface area is 60.9 Å². The first-order valence-corrected chi connectivity index (χ1v) is 3.12. The number of carbonyl (C=O) groups excluding carboxylic acids is 1. The molecule has 0 fully saturated rings. The molecule has 58 valence electrons. The lowest BCUT2D eigenvalue weighted by Gasteiger charge is -2.16. The average Bonchev–Trinajstić information content (AvgIpc) is 1.88. The van der Waals surface area contributed by atoms with Gasteiger partial charge >= 0.3 is 0 Å². The van der Waals surface area contributed by atoms with Crippen molar-refractivity contribution in [2.75, 3.05) is 7.05 Å². The lowest BCUT2D eigenvalue weighted by molar-refractivity contribution is -0.109. The van der Waals surface area contributed by atoms with Crippen molar-refractivity contribution in [2.45, 2.75) is 19.9 Å². The summed E-state index contributed by atoms with van der Waals surface area (Å²) in [5.41, 5.74) is 2.18. The Kier molecular flexibility index (Phi) is 4.28. The van der Waals surface area contributed by atoms with Gasteiger partial charge in [-0.2, -0.15) is 5.10 Å². The van der Waals surface area contributed by atoms with Gasteiger partial charge in [0.05, 0.1) is 0 Å². The van der Waals surface area contributed by atoms with Gasteiger partial charge in [0, 0.05) is 13.1 Å². The molecule has 0 aromatic rings. The number of hydrogen-bond donors (Lipinski definition) is 1. The molecule has 0 aliphatic carbocycles. The molecule has 0 atom stereocenters. The minimum absolute atomic E-state index is 0.400. The molecule has 0 heterocycles. The molecule has 4 heteroatoms. The van der Waals surface area contributed by atoms with Crippen LogP contribution in [0.5, 0.6) is 0 Å². The Morgan fingerprint density at radius 2 is 2.20 bits per heavy atom. The fourth-order valence-electron chi connectivity index (χ4n) is 0.288. The lowest BCUT2D eigenvalue weighted by atomic mass is 10.4. The summed E-state index contributed by atoms with van der Waals surface area (Å²) in [7, 11) is 1.89. The standard InChI is InChI=1S/C6H13N3O/c1-6(2)9(3)4-7-8-5-10/h4-6H,1-3H3,(H,8,10)/b7-4-. The van der Waals surface area contributed by atoms with E-state index in [4.69, 9.17) is 0 Å². The summed E-state index contributed by atoms with van der Waals surface area (Å²) in [5.74, 6) is 0. The van der Waals surface area contributed by atoms with Crippen molar-refractivity contribution >= 4 is 12.7 Å². The summed E-state index contributed by atoms with van der Waals surface area (Å²) in [6.45, 7) is 4.07. The molecule has 0 unspecified atom stereocenters. The van der Waals surface area contributed by atoms with E-state index in [1.807, 2.05) is 25.8 Å². The van der Waals surface area contributed by atoms with Crippen LogP contribution in [0.1, 0.15) is 13.8 Å². The molecule has 0 spiro atoms. The summed E-state index contributed by atoms with van der Waals surface area (Å²) in [4.78, 5) is 11.6. The van der Waals surface area contributed by atoms with Gasteiger partial charge < -0.3 is 4.90 Å². The van der Waals surface area contributed by atoms with Crippen LogP contribution in [0.15, 0.2) is 5.10 Å². The monoisotopic (exact) mass is 143 g/mol. The van der Waals surface area contributed by atoms with E-state index in [0.29, 0.717) is 12.5 Å². The molecule has 0 aromatic heterocycles. The maximum absolute atomic E-state index is 9.71. The van der Waals surface area contributed by atoms with Gasteiger partial charge in [-0.3, -0.25) is 4.79 Å². The van der Waals surface area contributed by atoms with Gasteiger partial charge in [-0.15, -0.1) is 0 Å². The van der Waals surface area contributed by atoms with Crippen LogP contribution in [0, 0.1) is 0 Å². The highest BCUT2D eigenvalue weighted by Crippen LogP contribution is 1.86. The summed E-state index contributed by atoms with van der Waals surface area (Å²) >= 11 is 0. The maximum atomic E-state index is 9.71. The van der Waals surface area contributed by atoms with Crippen molar-refractivity contribution in [3.05, 3.63) is 0 Å². The topological polar surface area (TPSA) is 44.7 Å². The highest BCUT2D eigenvalue weighted by Gasteiger charge is 1.94. The summed E-state index contributed by atoms with van der Waals surface area (Å²) in [5, 5.41) is 3.59. The fourth-order valence-corrected chi connectivity index (χ4v) is 0.288. The number of hydrogen-bond acceptors (Lipinski definition) is 2. The van der Waals surface area contributed by atoms with Crippen LogP contribution in [0.2, 0.25) is 0 Å². The molecule has 0 aliphatic heterocycles. The molecule has 10 heavy (non-hydrogen) atoms. The van der Waals surface area contributed by atoms with Crippen LogP contribution in [-0.2, 0) is 4.79 Å². The van der Waals surface area contributed by atoms with Crippen LogP contribution in [0.3, 0.4) is 0 Å². The minimum Gasteiger partial charge on any atom is -0.362 e. The predicted molar refractivity (Wildman–Crippen MR) is 40.6 cm³/mol. The number of nitrogens with zero attached hydrogens (tertiary/aromatic N) is 2. The van der Waals surface area contributed by atoms with Gasteiger partial charge in [0.15, 0.2) is 0 Å². The molecule has 0 bridgehead atoms. The zero-order valence-corrected chi connectivity index (χ0v) is 6.53. The van der Waals surface area contributed by atoms with Crippen LogP contribution < -0.4 is 5.43 Å². The van der Waals surface area contributed by atoms with E-state index in [-0.39, 0.29) is 0 Å². The van der Waals surface area contributed by atoms with Crippen molar-refractivity contribution in [1.29, 1.82) is 0 Å². The largest absolute Gasteiger partial charge is 0.362 e. The van der Waals surface area contributed by atoms with E-state index >= 15 is 0 Å². The summed E-state index contributed by atoms with van der Waals surface area (Å²) in [6.07, 6.45) is 2.10. The smallest absolute Gasteiger partial charge is 0.227 e. The molecule has 0 aromatic carbocycles. The van der Waals surface area contributed by atoms with Gasteiger partial charge in [0.25, 0.3) is 0 Å². The lowest BCUT2D eigenvalue weighted by Crippen LogP contribution is -2.25. The Morgan fingerprint density at radius 1 is 1.60 bits per heavy atom. The first-order chi connectivity index (χ1) is 4.68. The molecule has 0 rings (SSSR count). The van der Waals surface area contributed by atoms with E-state index in [9.17, 15) is 4.79 Å². The van der Waals surface area contributed by atoms with E-state index in [1.165, 1.54) is 0 Å². The van der Waals surface area contributed by atoms with Crippen LogP contribution in [0.25, 0.3) is 0 Å². The third-order valence-electron chi connectivity index (χ3n) is 1.18. The van der Waals surface area contributed by atoms with Gasteiger partial charge in [-0.25, -0.2) is 5.43 Å². The third kappa shape index (κ3) is 3.88. The molecule has 4 nitrogen and oxygen atoms in total. The second kappa shape index (κ2) is 4.78. The molecule has 0 aliphatic rings. The zero-order valence-electron chi connectivity index (χ0n) is 6.53. The Hall–Kier alpha value is -1.06. The number of carbonyl (C=O) groups is 1. The van der Waals surface area contributed by atoms with Crippen LogP contribution >= 0.6 is 0 Å². The van der Waals surface area contributed by atoms with Crippen LogP contribution in [0.4, 0.5) is 0 Å². The second-order valence-corrected chi connectivity index (χ2v) is 2.25. The normalized spacial score (nSPS) is 10.4. The van der Waals surface area contributed by atoms with E-state index in [2.05, 4.69) is 10.5 Å². The van der Waals surface area contributed by atoms with E-state index in [0.717, 1.165) is 0 Å². The van der Waals surface area contributed by atoms with Crippen molar-refractivity contribution in [2.24, 2.45) is 5.10 Å². The molecular weight excluding hydrogens is 130 g/mol.